The number of halogens is 1. The number of benzene rings is 1. The monoisotopic (exact) mass is 216 g/mol. The van der Waals surface area contributed by atoms with Crippen LogP contribution in [0.3, 0.4) is 0 Å². The Morgan fingerprint density at radius 3 is 2.73 bits per heavy atom. The van der Waals surface area contributed by atoms with Gasteiger partial charge in [0, 0.05) is 17.5 Å². The first-order chi connectivity index (χ1) is 7.26. The number of fused-ring (bicyclic) bond motifs is 1. The Balaban J connectivity index is 2.02. The Labute approximate surface area is 93.2 Å². The molecule has 1 fully saturated rings. The van der Waals surface area contributed by atoms with Crippen molar-refractivity contribution in [2.45, 2.75) is 6.42 Å². The Hall–Kier alpha value is -1.33. The lowest BCUT2D eigenvalue weighted by Gasteiger charge is -2.07. The van der Waals surface area contributed by atoms with Crippen molar-refractivity contribution in [2.75, 3.05) is 6.54 Å². The van der Waals surface area contributed by atoms with Gasteiger partial charge in [0.2, 0.25) is 0 Å². The van der Waals surface area contributed by atoms with E-state index in [1.807, 2.05) is 24.3 Å². The molecule has 15 heavy (non-hydrogen) atoms. The fourth-order valence-corrected chi connectivity index (χ4v) is 2.46. The van der Waals surface area contributed by atoms with Crippen LogP contribution in [0.5, 0.6) is 0 Å². The van der Waals surface area contributed by atoms with Crippen molar-refractivity contribution in [1.82, 2.24) is 0 Å². The number of hydrogen-bond donors (Lipinski definition) is 0. The molecule has 1 aromatic rings. The number of nitriles is 1. The van der Waals surface area contributed by atoms with Gasteiger partial charge in [-0.15, -0.1) is 0 Å². The lowest BCUT2D eigenvalue weighted by atomic mass is 9.95. The third kappa shape index (κ3) is 1.13. The maximum absolute atomic E-state index is 9.20. The SMILES string of the molecule is N#C[C@]12C[C@H]1CN=C2c1ccc(Cl)cc1. The highest BCUT2D eigenvalue weighted by molar-refractivity contribution is 6.30. The van der Waals surface area contributed by atoms with E-state index in [1.54, 1.807) is 0 Å². The first-order valence-corrected chi connectivity index (χ1v) is 5.36. The number of nitrogens with zero attached hydrogens (tertiary/aromatic N) is 2. The van der Waals surface area contributed by atoms with Crippen LogP contribution < -0.4 is 0 Å². The lowest BCUT2D eigenvalue weighted by Crippen LogP contribution is -2.13. The molecule has 3 heteroatoms. The summed E-state index contributed by atoms with van der Waals surface area (Å²) in [7, 11) is 0. The zero-order valence-corrected chi connectivity index (χ0v) is 8.83. The van der Waals surface area contributed by atoms with E-state index in [4.69, 9.17) is 11.6 Å². The van der Waals surface area contributed by atoms with E-state index in [9.17, 15) is 5.26 Å². The number of rotatable bonds is 1. The van der Waals surface area contributed by atoms with Crippen LogP contribution in [0.25, 0.3) is 0 Å². The van der Waals surface area contributed by atoms with Crippen molar-refractivity contribution in [2.24, 2.45) is 16.3 Å². The van der Waals surface area contributed by atoms with Gasteiger partial charge < -0.3 is 0 Å². The summed E-state index contributed by atoms with van der Waals surface area (Å²) in [6, 6.07) is 10.00. The van der Waals surface area contributed by atoms with Crippen LogP contribution in [0.1, 0.15) is 12.0 Å². The molecule has 1 aliphatic heterocycles. The first-order valence-electron chi connectivity index (χ1n) is 4.98. The van der Waals surface area contributed by atoms with Crippen molar-refractivity contribution < 1.29 is 0 Å². The molecule has 0 radical (unpaired) electrons. The predicted octanol–water partition coefficient (Wildman–Crippen LogP) is 2.67. The fraction of sp³-hybridized carbons (Fsp3) is 0.333. The van der Waals surface area contributed by atoms with E-state index in [2.05, 4.69) is 11.1 Å². The first kappa shape index (κ1) is 8.94. The fourth-order valence-electron chi connectivity index (χ4n) is 2.33. The molecule has 2 aliphatic rings. The molecule has 0 spiro atoms. The molecule has 1 heterocycles. The average Bonchev–Trinajstić information content (AvgIpc) is 2.88. The topological polar surface area (TPSA) is 36.1 Å². The molecule has 0 N–H and O–H groups in total. The summed E-state index contributed by atoms with van der Waals surface area (Å²) in [4.78, 5) is 4.46. The molecule has 2 nitrogen and oxygen atoms in total. The summed E-state index contributed by atoms with van der Waals surface area (Å²) in [5, 5.41) is 9.91. The van der Waals surface area contributed by atoms with Gasteiger partial charge in [-0.1, -0.05) is 23.7 Å². The Morgan fingerprint density at radius 1 is 1.40 bits per heavy atom. The maximum atomic E-state index is 9.20. The molecule has 1 aromatic carbocycles. The second kappa shape index (κ2) is 2.84. The van der Waals surface area contributed by atoms with Crippen molar-refractivity contribution in [3.8, 4) is 6.07 Å². The van der Waals surface area contributed by atoms with E-state index in [0.29, 0.717) is 5.92 Å². The van der Waals surface area contributed by atoms with E-state index in [-0.39, 0.29) is 5.41 Å². The highest BCUT2D eigenvalue weighted by atomic mass is 35.5. The van der Waals surface area contributed by atoms with Gasteiger partial charge in [-0.2, -0.15) is 5.26 Å². The highest BCUT2D eigenvalue weighted by Crippen LogP contribution is 2.58. The molecular weight excluding hydrogens is 208 g/mol. The third-order valence-electron chi connectivity index (χ3n) is 3.31. The highest BCUT2D eigenvalue weighted by Gasteiger charge is 2.61. The summed E-state index contributed by atoms with van der Waals surface area (Å²) < 4.78 is 0. The number of hydrogen-bond acceptors (Lipinski definition) is 2. The van der Waals surface area contributed by atoms with Crippen LogP contribution >= 0.6 is 11.6 Å². The summed E-state index contributed by atoms with van der Waals surface area (Å²) >= 11 is 5.83. The van der Waals surface area contributed by atoms with Crippen LogP contribution in [0.15, 0.2) is 29.3 Å². The Kier molecular flexibility index (Phi) is 1.69. The standard InChI is InChI=1S/C12H9ClN2/c13-10-3-1-8(2-4-10)11-12(7-14)5-9(12)6-15-11/h1-4,9H,5-6H2/t9-,12+/m0/s1. The molecular formula is C12H9ClN2. The molecule has 74 valence electrons. The molecule has 3 rings (SSSR count). The molecule has 0 saturated heterocycles. The predicted molar refractivity (Wildman–Crippen MR) is 59.0 cm³/mol. The van der Waals surface area contributed by atoms with E-state index in [1.165, 1.54) is 0 Å². The van der Waals surface area contributed by atoms with Gasteiger partial charge in [-0.25, -0.2) is 0 Å². The van der Waals surface area contributed by atoms with Crippen LogP contribution in [0.4, 0.5) is 0 Å². The Morgan fingerprint density at radius 2 is 2.13 bits per heavy atom. The Bertz CT molecular complexity index is 483. The molecule has 1 aliphatic carbocycles. The molecule has 0 unspecified atom stereocenters. The second-order valence-corrected chi connectivity index (χ2v) is 4.62. The van der Waals surface area contributed by atoms with Crippen molar-refractivity contribution in [1.29, 1.82) is 5.26 Å². The quantitative estimate of drug-likeness (QED) is 0.711. The van der Waals surface area contributed by atoms with E-state index in [0.717, 1.165) is 29.3 Å². The van der Waals surface area contributed by atoms with Gasteiger partial charge in [0.15, 0.2) is 0 Å². The van der Waals surface area contributed by atoms with Crippen LogP contribution in [-0.4, -0.2) is 12.3 Å². The summed E-state index contributed by atoms with van der Waals surface area (Å²) in [6.45, 7) is 0.811. The normalized spacial score (nSPS) is 31.7. The van der Waals surface area contributed by atoms with Gasteiger partial charge in [-0.05, 0) is 24.1 Å². The van der Waals surface area contributed by atoms with Crippen molar-refractivity contribution >= 4 is 17.3 Å². The minimum atomic E-state index is -0.270. The van der Waals surface area contributed by atoms with Gasteiger partial charge in [0.25, 0.3) is 0 Å². The summed E-state index contributed by atoms with van der Waals surface area (Å²) in [6.07, 6.45) is 0.977. The maximum Gasteiger partial charge on any atom is 0.104 e. The smallest absolute Gasteiger partial charge is 0.104 e. The van der Waals surface area contributed by atoms with E-state index >= 15 is 0 Å². The minimum Gasteiger partial charge on any atom is -0.287 e. The largest absolute Gasteiger partial charge is 0.287 e. The lowest BCUT2D eigenvalue weighted by molar-refractivity contribution is 0.802. The van der Waals surface area contributed by atoms with Crippen molar-refractivity contribution in [3.63, 3.8) is 0 Å². The molecule has 0 bridgehead atoms. The summed E-state index contributed by atoms with van der Waals surface area (Å²) in [5.41, 5.74) is 1.74. The zero-order valence-electron chi connectivity index (χ0n) is 8.07. The average molecular weight is 217 g/mol. The second-order valence-electron chi connectivity index (χ2n) is 4.18. The molecule has 2 atom stereocenters. The van der Waals surface area contributed by atoms with Gasteiger partial charge in [-0.3, -0.25) is 4.99 Å². The van der Waals surface area contributed by atoms with Gasteiger partial charge >= 0.3 is 0 Å². The molecule has 0 amide bonds. The minimum absolute atomic E-state index is 0.270. The van der Waals surface area contributed by atoms with Gasteiger partial charge in [0.1, 0.15) is 5.41 Å². The van der Waals surface area contributed by atoms with Crippen LogP contribution in [0, 0.1) is 22.7 Å². The van der Waals surface area contributed by atoms with Crippen LogP contribution in [-0.2, 0) is 0 Å². The van der Waals surface area contributed by atoms with Crippen LogP contribution in [0.2, 0.25) is 5.02 Å². The van der Waals surface area contributed by atoms with Gasteiger partial charge in [0.05, 0.1) is 11.8 Å². The van der Waals surface area contributed by atoms with Crippen molar-refractivity contribution in [3.05, 3.63) is 34.9 Å². The third-order valence-corrected chi connectivity index (χ3v) is 3.57. The number of aliphatic imine (C=N–C) groups is 1. The summed E-state index contributed by atoms with van der Waals surface area (Å²) in [5.74, 6) is 0.466. The zero-order chi connectivity index (χ0) is 10.5. The molecule has 0 aromatic heterocycles. The molecule has 1 saturated carbocycles. The van der Waals surface area contributed by atoms with E-state index < -0.39 is 0 Å².